The van der Waals surface area contributed by atoms with Crippen molar-refractivity contribution in [2.45, 2.75) is 18.9 Å². The summed E-state index contributed by atoms with van der Waals surface area (Å²) in [4.78, 5) is 28.2. The van der Waals surface area contributed by atoms with Gasteiger partial charge in [0.2, 0.25) is 11.9 Å². The van der Waals surface area contributed by atoms with Crippen molar-refractivity contribution in [1.82, 2.24) is 14.9 Å². The Bertz CT molecular complexity index is 1150. The third-order valence-corrected chi connectivity index (χ3v) is 6.94. The van der Waals surface area contributed by atoms with Crippen LogP contribution >= 0.6 is 0 Å². The molecule has 1 aromatic heterocycles. The van der Waals surface area contributed by atoms with Crippen LogP contribution in [0, 0.1) is 0 Å². The van der Waals surface area contributed by atoms with Crippen molar-refractivity contribution >= 4 is 40.4 Å². The first-order valence-corrected chi connectivity index (χ1v) is 13.7. The van der Waals surface area contributed by atoms with Crippen LogP contribution in [-0.4, -0.2) is 108 Å². The van der Waals surface area contributed by atoms with Crippen molar-refractivity contribution in [3.8, 4) is 5.75 Å². The monoisotopic (exact) mass is 554 g/mol. The van der Waals surface area contributed by atoms with E-state index in [1.54, 1.807) is 7.11 Å². The highest BCUT2D eigenvalue weighted by Crippen LogP contribution is 2.38. The number of ether oxygens (including phenoxy) is 3. The zero-order chi connectivity index (χ0) is 28.5. The van der Waals surface area contributed by atoms with Crippen molar-refractivity contribution in [2.75, 3.05) is 107 Å². The first kappa shape index (κ1) is 29.4. The Hall–Kier alpha value is -3.61. The number of likely N-dealkylation sites (N-methyl/N-ethyl adjacent to an activating group) is 2. The van der Waals surface area contributed by atoms with E-state index in [2.05, 4.69) is 42.2 Å². The third-order valence-electron chi connectivity index (χ3n) is 6.94. The van der Waals surface area contributed by atoms with Gasteiger partial charge in [-0.15, -0.1) is 0 Å². The fraction of sp³-hybridized carbons (Fsp3) is 0.536. The summed E-state index contributed by atoms with van der Waals surface area (Å²) in [6.07, 6.45) is 5.35. The second kappa shape index (κ2) is 14.1. The molecule has 0 aliphatic carbocycles. The maximum Gasteiger partial charge on any atom is 0.247 e. The summed E-state index contributed by atoms with van der Waals surface area (Å²) in [6, 6.07) is 3.73. The van der Waals surface area contributed by atoms with E-state index in [-0.39, 0.29) is 12.0 Å². The highest BCUT2D eigenvalue weighted by atomic mass is 16.5. The first-order valence-electron chi connectivity index (χ1n) is 13.7. The van der Waals surface area contributed by atoms with E-state index < -0.39 is 0 Å². The molecule has 0 spiro atoms. The highest BCUT2D eigenvalue weighted by molar-refractivity contribution is 6.02. The minimum Gasteiger partial charge on any atom is -0.494 e. The molecule has 2 fully saturated rings. The lowest BCUT2D eigenvalue weighted by Crippen LogP contribution is -2.37. The molecular formula is C28H42N8O4. The van der Waals surface area contributed by atoms with Crippen LogP contribution in [0.4, 0.5) is 34.5 Å². The summed E-state index contributed by atoms with van der Waals surface area (Å²) in [7, 11) is 7.64. The van der Waals surface area contributed by atoms with Gasteiger partial charge in [-0.2, -0.15) is 4.98 Å². The van der Waals surface area contributed by atoms with Gasteiger partial charge in [-0.25, -0.2) is 4.98 Å². The van der Waals surface area contributed by atoms with Gasteiger partial charge in [-0.05, 0) is 39.1 Å². The lowest BCUT2D eigenvalue weighted by atomic mass is 10.2. The number of benzene rings is 1. The Balaban J connectivity index is 1.63. The molecular weight excluding hydrogens is 512 g/mol. The van der Waals surface area contributed by atoms with Gasteiger partial charge in [0.05, 0.1) is 55.4 Å². The molecule has 1 aromatic carbocycles. The van der Waals surface area contributed by atoms with Crippen LogP contribution in [-0.2, 0) is 14.3 Å². The molecule has 0 saturated carbocycles. The van der Waals surface area contributed by atoms with Gasteiger partial charge in [0.25, 0.3) is 0 Å². The number of carbonyl (C=O) groups excluding carboxylic acids is 1. The normalized spacial score (nSPS) is 17.0. The number of hydrogen-bond acceptors (Lipinski definition) is 11. The van der Waals surface area contributed by atoms with E-state index in [0.717, 1.165) is 62.8 Å². The largest absolute Gasteiger partial charge is 0.494 e. The topological polar surface area (TPSA) is 116 Å². The Labute approximate surface area is 236 Å². The zero-order valence-electron chi connectivity index (χ0n) is 24.0. The Morgan fingerprint density at radius 3 is 2.67 bits per heavy atom. The molecule has 12 heteroatoms. The standard InChI is InChI=1S/C28H42N8O4/c1-6-26(37)31-21-16-22(25(38-5)17-23(21)35(4)10-9-34(2)3)32-28-30-19-24(36-11-14-39-15-12-36)27(33-28)29-18-20-8-7-13-40-20/h6,16-17,19-20H,1,7-15,18H2,2-5H3,(H,31,37)(H2,29,30,32,33)/t20-/m1/s1. The van der Waals surface area contributed by atoms with E-state index in [0.29, 0.717) is 42.8 Å². The summed E-state index contributed by atoms with van der Waals surface area (Å²) >= 11 is 0. The van der Waals surface area contributed by atoms with Crippen LogP contribution in [0.5, 0.6) is 5.75 Å². The zero-order valence-corrected chi connectivity index (χ0v) is 24.0. The number of nitrogens with one attached hydrogen (secondary N) is 3. The molecule has 12 nitrogen and oxygen atoms in total. The second-order valence-electron chi connectivity index (χ2n) is 10.2. The summed E-state index contributed by atoms with van der Waals surface area (Å²) in [5.41, 5.74) is 2.99. The molecule has 1 atom stereocenters. The minimum atomic E-state index is -0.301. The van der Waals surface area contributed by atoms with Crippen molar-refractivity contribution in [3.05, 3.63) is 31.0 Å². The number of morpholine rings is 1. The molecule has 2 aliphatic heterocycles. The van der Waals surface area contributed by atoms with Gasteiger partial charge in [0.1, 0.15) is 5.75 Å². The van der Waals surface area contributed by atoms with Crippen molar-refractivity contribution < 1.29 is 19.0 Å². The quantitative estimate of drug-likeness (QED) is 0.318. The summed E-state index contributed by atoms with van der Waals surface area (Å²) in [5.74, 6) is 1.43. The average Bonchev–Trinajstić information content (AvgIpc) is 3.49. The van der Waals surface area contributed by atoms with Gasteiger partial charge in [-0.1, -0.05) is 6.58 Å². The molecule has 2 aromatic rings. The first-order chi connectivity index (χ1) is 19.4. The molecule has 4 rings (SSSR count). The fourth-order valence-corrected chi connectivity index (χ4v) is 4.64. The number of methoxy groups -OCH3 is 1. The minimum absolute atomic E-state index is 0.164. The Kier molecular flexibility index (Phi) is 10.4. The smallest absolute Gasteiger partial charge is 0.247 e. The number of hydrogen-bond donors (Lipinski definition) is 3. The van der Waals surface area contributed by atoms with Crippen molar-refractivity contribution in [2.24, 2.45) is 0 Å². The number of nitrogens with zero attached hydrogens (tertiary/aromatic N) is 5. The van der Waals surface area contributed by atoms with Crippen LogP contribution in [0.25, 0.3) is 0 Å². The number of rotatable bonds is 13. The number of carbonyl (C=O) groups is 1. The molecule has 0 unspecified atom stereocenters. The Morgan fingerprint density at radius 1 is 1.20 bits per heavy atom. The Morgan fingerprint density at radius 2 is 2.00 bits per heavy atom. The maximum atomic E-state index is 12.3. The highest BCUT2D eigenvalue weighted by Gasteiger charge is 2.21. The van der Waals surface area contributed by atoms with Crippen LogP contribution < -0.4 is 30.5 Å². The average molecular weight is 555 g/mol. The predicted molar refractivity (Wildman–Crippen MR) is 159 cm³/mol. The molecule has 2 aliphatic rings. The predicted octanol–water partition coefficient (Wildman–Crippen LogP) is 2.78. The van der Waals surface area contributed by atoms with Crippen LogP contribution in [0.3, 0.4) is 0 Å². The van der Waals surface area contributed by atoms with Crippen LogP contribution in [0.2, 0.25) is 0 Å². The van der Waals surface area contributed by atoms with Crippen molar-refractivity contribution in [1.29, 1.82) is 0 Å². The van der Waals surface area contributed by atoms with E-state index >= 15 is 0 Å². The van der Waals surface area contributed by atoms with E-state index in [1.165, 1.54) is 6.08 Å². The van der Waals surface area contributed by atoms with Gasteiger partial charge < -0.3 is 44.9 Å². The molecule has 0 radical (unpaired) electrons. The van der Waals surface area contributed by atoms with Crippen LogP contribution in [0.1, 0.15) is 12.8 Å². The molecule has 218 valence electrons. The van der Waals surface area contributed by atoms with Crippen LogP contribution in [0.15, 0.2) is 31.0 Å². The van der Waals surface area contributed by atoms with Gasteiger partial charge in [0.15, 0.2) is 5.82 Å². The summed E-state index contributed by atoms with van der Waals surface area (Å²) in [6.45, 7) is 9.53. The lowest BCUT2D eigenvalue weighted by Gasteiger charge is -2.30. The van der Waals surface area contributed by atoms with E-state index in [1.807, 2.05) is 39.5 Å². The fourth-order valence-electron chi connectivity index (χ4n) is 4.64. The van der Waals surface area contributed by atoms with Gasteiger partial charge in [-0.3, -0.25) is 4.79 Å². The summed E-state index contributed by atoms with van der Waals surface area (Å²) < 4.78 is 17.1. The number of aromatic nitrogens is 2. The SMILES string of the molecule is C=CC(=O)Nc1cc(Nc2ncc(N3CCOCC3)c(NC[C@H]3CCCO3)n2)c(OC)cc1N(C)CCN(C)C. The van der Waals surface area contributed by atoms with E-state index in [4.69, 9.17) is 19.2 Å². The molecule has 0 bridgehead atoms. The number of anilines is 6. The van der Waals surface area contributed by atoms with Gasteiger partial charge >= 0.3 is 0 Å². The molecule has 40 heavy (non-hydrogen) atoms. The molecule has 3 N–H and O–H groups in total. The molecule has 1 amide bonds. The third kappa shape index (κ3) is 7.74. The second-order valence-corrected chi connectivity index (χ2v) is 10.2. The van der Waals surface area contributed by atoms with E-state index in [9.17, 15) is 4.79 Å². The molecule has 3 heterocycles. The number of amides is 1. The maximum absolute atomic E-state index is 12.3. The molecule has 2 saturated heterocycles. The van der Waals surface area contributed by atoms with Crippen molar-refractivity contribution in [3.63, 3.8) is 0 Å². The lowest BCUT2D eigenvalue weighted by molar-refractivity contribution is -0.111. The summed E-state index contributed by atoms with van der Waals surface area (Å²) in [5, 5.41) is 9.72. The van der Waals surface area contributed by atoms with Gasteiger partial charge in [0, 0.05) is 52.4 Å².